The summed E-state index contributed by atoms with van der Waals surface area (Å²) in [4.78, 5) is 12.8. The van der Waals surface area contributed by atoms with Crippen molar-refractivity contribution in [1.82, 2.24) is 5.32 Å². The minimum atomic E-state index is -0.307. The van der Waals surface area contributed by atoms with Gasteiger partial charge in [0.2, 0.25) is 0 Å². The molecule has 1 atom stereocenters. The lowest BCUT2D eigenvalue weighted by molar-refractivity contribution is 0.0772. The van der Waals surface area contributed by atoms with Crippen LogP contribution in [0.15, 0.2) is 18.2 Å². The Bertz CT molecular complexity index is 506. The molecule has 1 N–H and O–H groups in total. The Labute approximate surface area is 119 Å². The number of fused-ring (bicyclic) bond motifs is 1. The highest BCUT2D eigenvalue weighted by atomic mass is 16.5. The molecule has 2 aliphatic heterocycles. The van der Waals surface area contributed by atoms with Crippen molar-refractivity contribution in [2.75, 3.05) is 26.3 Å². The van der Waals surface area contributed by atoms with Gasteiger partial charge in [-0.15, -0.1) is 0 Å². The summed E-state index contributed by atoms with van der Waals surface area (Å²) in [6.07, 6.45) is 2.86. The number of carbonyl (C=O) groups is 1. The molecule has 3 rings (SSSR count). The molecule has 4 heteroatoms. The maximum atomic E-state index is 12.8. The Morgan fingerprint density at radius 1 is 1.20 bits per heavy atom. The van der Waals surface area contributed by atoms with E-state index < -0.39 is 0 Å². The molecule has 1 fully saturated rings. The van der Waals surface area contributed by atoms with E-state index in [9.17, 15) is 4.79 Å². The number of hydrogen-bond acceptors (Lipinski definition) is 4. The van der Waals surface area contributed by atoms with Crippen LogP contribution in [0.5, 0.6) is 11.5 Å². The van der Waals surface area contributed by atoms with E-state index in [1.54, 1.807) is 0 Å². The molecule has 0 bridgehead atoms. The summed E-state index contributed by atoms with van der Waals surface area (Å²) in [5.74, 6) is 1.63. The Morgan fingerprint density at radius 3 is 2.75 bits per heavy atom. The summed E-state index contributed by atoms with van der Waals surface area (Å²) in [6.45, 7) is 5.11. The van der Waals surface area contributed by atoms with Crippen molar-refractivity contribution in [3.8, 4) is 11.5 Å². The van der Waals surface area contributed by atoms with Gasteiger partial charge in [0.05, 0.1) is 13.2 Å². The zero-order valence-electron chi connectivity index (χ0n) is 11.9. The molecule has 0 saturated carbocycles. The van der Waals surface area contributed by atoms with Crippen LogP contribution in [0.4, 0.5) is 0 Å². The lowest BCUT2D eigenvalue weighted by Gasteiger charge is -2.32. The third-order valence-electron chi connectivity index (χ3n) is 4.16. The number of hydrogen-bond donors (Lipinski definition) is 1. The van der Waals surface area contributed by atoms with Crippen LogP contribution in [-0.4, -0.2) is 32.1 Å². The second-order valence-electron chi connectivity index (χ2n) is 5.88. The van der Waals surface area contributed by atoms with E-state index in [2.05, 4.69) is 5.32 Å². The van der Waals surface area contributed by atoms with Gasteiger partial charge < -0.3 is 14.8 Å². The van der Waals surface area contributed by atoms with Crippen molar-refractivity contribution in [3.05, 3.63) is 23.8 Å². The summed E-state index contributed by atoms with van der Waals surface area (Å²) in [5, 5.41) is 3.32. The van der Waals surface area contributed by atoms with Crippen LogP contribution in [0, 0.1) is 5.41 Å². The summed E-state index contributed by atoms with van der Waals surface area (Å²) in [7, 11) is 0. The first-order valence-corrected chi connectivity index (χ1v) is 7.34. The van der Waals surface area contributed by atoms with Gasteiger partial charge in [0.1, 0.15) is 0 Å². The van der Waals surface area contributed by atoms with Crippen molar-refractivity contribution >= 4 is 5.78 Å². The van der Waals surface area contributed by atoms with Crippen LogP contribution < -0.4 is 14.8 Å². The Kier molecular flexibility index (Phi) is 3.66. The minimum absolute atomic E-state index is 0.195. The van der Waals surface area contributed by atoms with Gasteiger partial charge in [0, 0.05) is 23.9 Å². The standard InChI is InChI=1S/C16H21NO3/c1-16(6-2-7-17-11-16)15(18)12-4-5-13-14(10-12)20-9-3-8-19-13/h4-5,10,17H,2-3,6-9,11H2,1H3. The molecule has 0 amide bonds. The first-order valence-electron chi connectivity index (χ1n) is 7.34. The van der Waals surface area contributed by atoms with Crippen molar-refractivity contribution in [3.63, 3.8) is 0 Å². The van der Waals surface area contributed by atoms with Crippen molar-refractivity contribution in [2.24, 2.45) is 5.41 Å². The predicted octanol–water partition coefficient (Wildman–Crippen LogP) is 2.42. The number of nitrogens with one attached hydrogen (secondary N) is 1. The number of piperidine rings is 1. The molecule has 1 aromatic rings. The van der Waals surface area contributed by atoms with Crippen molar-refractivity contribution in [2.45, 2.75) is 26.2 Å². The van der Waals surface area contributed by atoms with E-state index in [4.69, 9.17) is 9.47 Å². The highest BCUT2D eigenvalue weighted by Crippen LogP contribution is 2.35. The summed E-state index contributed by atoms with van der Waals surface area (Å²) in [5.41, 5.74) is 0.415. The number of ether oxygens (including phenoxy) is 2. The Morgan fingerprint density at radius 2 is 2.00 bits per heavy atom. The highest BCUT2D eigenvalue weighted by Gasteiger charge is 2.35. The van der Waals surface area contributed by atoms with Crippen molar-refractivity contribution in [1.29, 1.82) is 0 Å². The van der Waals surface area contributed by atoms with Gasteiger partial charge in [0.15, 0.2) is 17.3 Å². The summed E-state index contributed by atoms with van der Waals surface area (Å²) < 4.78 is 11.3. The topological polar surface area (TPSA) is 47.6 Å². The van der Waals surface area contributed by atoms with Gasteiger partial charge in [0.25, 0.3) is 0 Å². The molecular weight excluding hydrogens is 254 g/mol. The second-order valence-corrected chi connectivity index (χ2v) is 5.88. The molecule has 20 heavy (non-hydrogen) atoms. The Balaban J connectivity index is 1.86. The molecular formula is C16H21NO3. The predicted molar refractivity (Wildman–Crippen MR) is 76.6 cm³/mol. The van der Waals surface area contributed by atoms with Crippen LogP contribution in [0.1, 0.15) is 36.5 Å². The van der Waals surface area contributed by atoms with Crippen LogP contribution in [-0.2, 0) is 0 Å². The first-order chi connectivity index (χ1) is 9.69. The molecule has 1 unspecified atom stereocenters. The number of rotatable bonds is 2. The molecule has 1 saturated heterocycles. The third kappa shape index (κ3) is 2.52. The van der Waals surface area contributed by atoms with Gasteiger partial charge in [-0.2, -0.15) is 0 Å². The van der Waals surface area contributed by atoms with Gasteiger partial charge >= 0.3 is 0 Å². The number of benzene rings is 1. The maximum Gasteiger partial charge on any atom is 0.170 e. The molecule has 2 heterocycles. The van der Waals surface area contributed by atoms with Crippen LogP contribution in [0.3, 0.4) is 0 Å². The molecule has 0 radical (unpaired) electrons. The van der Waals surface area contributed by atoms with Gasteiger partial charge in [-0.25, -0.2) is 0 Å². The minimum Gasteiger partial charge on any atom is -0.490 e. The largest absolute Gasteiger partial charge is 0.490 e. The number of carbonyl (C=O) groups excluding carboxylic acids is 1. The smallest absolute Gasteiger partial charge is 0.170 e. The lowest BCUT2D eigenvalue weighted by atomic mass is 9.76. The Hall–Kier alpha value is -1.55. The van der Waals surface area contributed by atoms with Gasteiger partial charge in [-0.05, 0) is 37.6 Å². The molecule has 0 spiro atoms. The van der Waals surface area contributed by atoms with E-state index in [0.717, 1.165) is 43.7 Å². The lowest BCUT2D eigenvalue weighted by Crippen LogP contribution is -2.43. The molecule has 108 valence electrons. The molecule has 0 aromatic heterocycles. The quantitative estimate of drug-likeness (QED) is 0.842. The van der Waals surface area contributed by atoms with E-state index in [-0.39, 0.29) is 11.2 Å². The third-order valence-corrected chi connectivity index (χ3v) is 4.16. The fourth-order valence-electron chi connectivity index (χ4n) is 2.90. The van der Waals surface area contributed by atoms with E-state index >= 15 is 0 Å². The molecule has 1 aromatic carbocycles. The van der Waals surface area contributed by atoms with E-state index in [1.165, 1.54) is 0 Å². The normalized spacial score (nSPS) is 25.9. The fraction of sp³-hybridized carbons (Fsp3) is 0.562. The monoisotopic (exact) mass is 275 g/mol. The summed E-state index contributed by atoms with van der Waals surface area (Å²) in [6, 6.07) is 5.55. The second kappa shape index (κ2) is 5.44. The zero-order chi connectivity index (χ0) is 14.0. The van der Waals surface area contributed by atoms with Crippen molar-refractivity contribution < 1.29 is 14.3 Å². The molecule has 2 aliphatic rings. The number of ketones is 1. The molecule has 0 aliphatic carbocycles. The van der Waals surface area contributed by atoms with Gasteiger partial charge in [-0.1, -0.05) is 6.92 Å². The van der Waals surface area contributed by atoms with E-state index in [1.807, 2.05) is 25.1 Å². The number of Topliss-reactive ketones (excluding diaryl/α,β-unsaturated/α-hetero) is 1. The first kappa shape index (κ1) is 13.4. The average Bonchev–Trinajstić information content (AvgIpc) is 2.71. The SMILES string of the molecule is CC1(C(=O)c2ccc3c(c2)OCCCO3)CCCNC1. The van der Waals surface area contributed by atoms with Crippen LogP contribution in [0.25, 0.3) is 0 Å². The maximum absolute atomic E-state index is 12.8. The highest BCUT2D eigenvalue weighted by molar-refractivity contribution is 6.01. The summed E-state index contributed by atoms with van der Waals surface area (Å²) >= 11 is 0. The van der Waals surface area contributed by atoms with Gasteiger partial charge in [-0.3, -0.25) is 4.79 Å². The van der Waals surface area contributed by atoms with E-state index in [0.29, 0.717) is 19.0 Å². The van der Waals surface area contributed by atoms with Crippen LogP contribution >= 0.6 is 0 Å². The van der Waals surface area contributed by atoms with Crippen LogP contribution in [0.2, 0.25) is 0 Å². The average molecular weight is 275 g/mol. The fourth-order valence-corrected chi connectivity index (χ4v) is 2.90. The molecule has 4 nitrogen and oxygen atoms in total. The zero-order valence-corrected chi connectivity index (χ0v) is 11.9.